The van der Waals surface area contributed by atoms with E-state index >= 15 is 0 Å². The summed E-state index contributed by atoms with van der Waals surface area (Å²) in [6.45, 7) is 4.68. The minimum atomic E-state index is -4.10. The Morgan fingerprint density at radius 3 is 2.50 bits per heavy atom. The summed E-state index contributed by atoms with van der Waals surface area (Å²) in [7, 11) is 0. The molecule has 0 saturated carbocycles. The van der Waals surface area contributed by atoms with Crippen LogP contribution in [0.5, 0.6) is 5.75 Å². The average Bonchev–Trinajstić information content (AvgIpc) is 2.70. The number of benzene rings is 2. The van der Waals surface area contributed by atoms with Crippen molar-refractivity contribution in [2.75, 3.05) is 35.2 Å². The number of alkyl halides is 3. The third-order valence-corrected chi connectivity index (χ3v) is 5.73. The van der Waals surface area contributed by atoms with E-state index in [1.165, 1.54) is 0 Å². The Morgan fingerprint density at radius 2 is 1.83 bits per heavy atom. The molecule has 0 spiro atoms. The number of ether oxygens (including phenoxy) is 1. The maximum absolute atomic E-state index is 12.9. The zero-order valence-electron chi connectivity index (χ0n) is 16.9. The quantitative estimate of drug-likeness (QED) is 0.722. The number of fused-ring (bicyclic) bond motifs is 1. The number of carbonyl (C=O) groups excluding carboxylic acids is 1. The Morgan fingerprint density at radius 1 is 1.10 bits per heavy atom. The second kappa shape index (κ2) is 7.74. The van der Waals surface area contributed by atoms with Gasteiger partial charge in [0.1, 0.15) is 5.75 Å². The molecule has 30 heavy (non-hydrogen) atoms. The Bertz CT molecular complexity index is 967. The van der Waals surface area contributed by atoms with Crippen molar-refractivity contribution in [2.45, 2.75) is 32.9 Å². The normalized spacial score (nSPS) is 17.2. The summed E-state index contributed by atoms with van der Waals surface area (Å²) in [5.74, 6) is -0.744. The van der Waals surface area contributed by atoms with E-state index in [-0.39, 0.29) is 25.4 Å². The van der Waals surface area contributed by atoms with Gasteiger partial charge in [-0.1, -0.05) is 0 Å². The summed E-state index contributed by atoms with van der Waals surface area (Å²) in [4.78, 5) is 13.5. The van der Waals surface area contributed by atoms with Crippen molar-refractivity contribution in [1.82, 2.24) is 0 Å². The van der Waals surface area contributed by atoms with Gasteiger partial charge in [-0.3, -0.25) is 4.79 Å². The zero-order chi connectivity index (χ0) is 21.5. The predicted molar refractivity (Wildman–Crippen MR) is 111 cm³/mol. The molecule has 0 radical (unpaired) electrons. The molecular formula is C22H24F3N3O2. The van der Waals surface area contributed by atoms with Crippen LogP contribution in [0.2, 0.25) is 0 Å². The first kappa shape index (κ1) is 20.4. The Balaban J connectivity index is 1.47. The summed E-state index contributed by atoms with van der Waals surface area (Å²) in [6.07, 6.45) is -3.84. The standard InChI is InChI=1S/C22H24F3N3O2/c1-13-10-17(28-7-5-15(6-8-28)22(23,24)25)3-4-18(13)26-16-9-14(2)21-19(11-16)30-12-20(29)27-21/h3-4,9-11,15,26H,5-8,12H2,1-2H3,(H,27,29). The number of carbonyl (C=O) groups is 1. The number of nitrogens with zero attached hydrogens (tertiary/aromatic N) is 1. The van der Waals surface area contributed by atoms with E-state index in [1.54, 1.807) is 0 Å². The van der Waals surface area contributed by atoms with Gasteiger partial charge in [0.15, 0.2) is 6.61 Å². The van der Waals surface area contributed by atoms with Crippen LogP contribution in [0.1, 0.15) is 24.0 Å². The number of hydrogen-bond acceptors (Lipinski definition) is 4. The van der Waals surface area contributed by atoms with Crippen LogP contribution < -0.4 is 20.3 Å². The smallest absolute Gasteiger partial charge is 0.391 e. The predicted octanol–water partition coefficient (Wildman–Crippen LogP) is 5.16. The number of halogens is 3. The highest BCUT2D eigenvalue weighted by Crippen LogP contribution is 2.38. The van der Waals surface area contributed by atoms with E-state index in [4.69, 9.17) is 4.74 Å². The van der Waals surface area contributed by atoms with Gasteiger partial charge >= 0.3 is 6.18 Å². The molecule has 0 atom stereocenters. The van der Waals surface area contributed by atoms with Gasteiger partial charge < -0.3 is 20.3 Å². The monoisotopic (exact) mass is 419 g/mol. The number of anilines is 4. The van der Waals surface area contributed by atoms with Crippen LogP contribution in [0.25, 0.3) is 0 Å². The van der Waals surface area contributed by atoms with E-state index in [9.17, 15) is 18.0 Å². The fraction of sp³-hybridized carbons (Fsp3) is 0.409. The van der Waals surface area contributed by atoms with E-state index in [0.717, 1.165) is 28.2 Å². The molecule has 2 aliphatic rings. The number of rotatable bonds is 3. The molecule has 2 heterocycles. The van der Waals surface area contributed by atoms with Gasteiger partial charge in [0, 0.05) is 36.2 Å². The summed E-state index contributed by atoms with van der Waals surface area (Å²) >= 11 is 0. The SMILES string of the molecule is Cc1cc(N2CCC(C(F)(F)F)CC2)ccc1Nc1cc(C)c2c(c1)OCC(=O)N2. The van der Waals surface area contributed by atoms with Gasteiger partial charge in [-0.05, 0) is 62.1 Å². The van der Waals surface area contributed by atoms with E-state index in [0.29, 0.717) is 24.5 Å². The molecule has 1 fully saturated rings. The first-order valence-corrected chi connectivity index (χ1v) is 9.97. The third-order valence-electron chi connectivity index (χ3n) is 5.73. The zero-order valence-corrected chi connectivity index (χ0v) is 16.9. The van der Waals surface area contributed by atoms with Crippen molar-refractivity contribution in [3.05, 3.63) is 41.5 Å². The Hall–Kier alpha value is -2.90. The van der Waals surface area contributed by atoms with Crippen LogP contribution in [0.3, 0.4) is 0 Å². The van der Waals surface area contributed by atoms with Crippen LogP contribution in [0.15, 0.2) is 30.3 Å². The molecule has 160 valence electrons. The molecule has 0 unspecified atom stereocenters. The number of hydrogen-bond donors (Lipinski definition) is 2. The highest BCUT2D eigenvalue weighted by atomic mass is 19.4. The van der Waals surface area contributed by atoms with Crippen LogP contribution in [0, 0.1) is 19.8 Å². The van der Waals surface area contributed by atoms with Crippen molar-refractivity contribution in [3.63, 3.8) is 0 Å². The van der Waals surface area contributed by atoms with Crippen molar-refractivity contribution >= 4 is 28.7 Å². The molecule has 8 heteroatoms. The summed E-state index contributed by atoms with van der Waals surface area (Å²) in [5, 5.41) is 6.19. The maximum Gasteiger partial charge on any atom is 0.391 e. The molecule has 2 aliphatic heterocycles. The Kier molecular flexibility index (Phi) is 5.26. The Labute approximate surface area is 173 Å². The molecule has 2 aromatic carbocycles. The maximum atomic E-state index is 12.9. The first-order chi connectivity index (χ1) is 14.2. The molecule has 0 aromatic heterocycles. The molecule has 0 aliphatic carbocycles. The van der Waals surface area contributed by atoms with Gasteiger partial charge in [-0.15, -0.1) is 0 Å². The molecule has 1 saturated heterocycles. The minimum Gasteiger partial charge on any atom is -0.481 e. The lowest BCUT2D eigenvalue weighted by atomic mass is 9.96. The summed E-state index contributed by atoms with van der Waals surface area (Å²) in [6, 6.07) is 9.65. The van der Waals surface area contributed by atoms with E-state index < -0.39 is 12.1 Å². The molecule has 0 bridgehead atoms. The number of amides is 1. The van der Waals surface area contributed by atoms with Crippen LogP contribution in [-0.4, -0.2) is 31.8 Å². The highest BCUT2D eigenvalue weighted by molar-refractivity contribution is 5.97. The molecule has 5 nitrogen and oxygen atoms in total. The molecule has 2 N–H and O–H groups in total. The topological polar surface area (TPSA) is 53.6 Å². The molecule has 1 amide bonds. The van der Waals surface area contributed by atoms with E-state index in [2.05, 4.69) is 10.6 Å². The lowest BCUT2D eigenvalue weighted by molar-refractivity contribution is -0.179. The van der Waals surface area contributed by atoms with Crippen LogP contribution in [-0.2, 0) is 4.79 Å². The van der Waals surface area contributed by atoms with Crippen molar-refractivity contribution in [3.8, 4) is 5.75 Å². The first-order valence-electron chi connectivity index (χ1n) is 9.97. The van der Waals surface area contributed by atoms with Crippen molar-refractivity contribution in [1.29, 1.82) is 0 Å². The number of aryl methyl sites for hydroxylation is 2. The second-order valence-electron chi connectivity index (χ2n) is 7.93. The fourth-order valence-corrected chi connectivity index (χ4v) is 4.03. The average molecular weight is 419 g/mol. The van der Waals surface area contributed by atoms with Gasteiger partial charge in [0.2, 0.25) is 0 Å². The molecular weight excluding hydrogens is 395 g/mol. The molecule has 4 rings (SSSR count). The van der Waals surface area contributed by atoms with E-state index in [1.807, 2.05) is 49.1 Å². The molecule has 2 aromatic rings. The van der Waals surface area contributed by atoms with Crippen molar-refractivity contribution < 1.29 is 22.7 Å². The highest BCUT2D eigenvalue weighted by Gasteiger charge is 2.41. The summed E-state index contributed by atoms with van der Waals surface area (Å²) < 4.78 is 44.2. The van der Waals surface area contributed by atoms with Gasteiger partial charge in [0.25, 0.3) is 5.91 Å². The van der Waals surface area contributed by atoms with Gasteiger partial charge in [0.05, 0.1) is 11.6 Å². The minimum absolute atomic E-state index is 0.00531. The second-order valence-corrected chi connectivity index (χ2v) is 7.93. The third kappa shape index (κ3) is 4.17. The fourth-order valence-electron chi connectivity index (χ4n) is 4.03. The van der Waals surface area contributed by atoms with Crippen LogP contribution >= 0.6 is 0 Å². The van der Waals surface area contributed by atoms with Gasteiger partial charge in [-0.2, -0.15) is 13.2 Å². The van der Waals surface area contributed by atoms with Crippen molar-refractivity contribution in [2.24, 2.45) is 5.92 Å². The van der Waals surface area contributed by atoms with Gasteiger partial charge in [-0.25, -0.2) is 0 Å². The summed E-state index contributed by atoms with van der Waals surface area (Å²) in [5.41, 5.74) is 5.25. The van der Waals surface area contributed by atoms with Crippen LogP contribution in [0.4, 0.5) is 35.9 Å². The number of nitrogens with one attached hydrogen (secondary N) is 2. The lowest BCUT2D eigenvalue weighted by Gasteiger charge is -2.34. The number of piperidine rings is 1. The largest absolute Gasteiger partial charge is 0.481 e. The lowest BCUT2D eigenvalue weighted by Crippen LogP contribution is -2.39.